The van der Waals surface area contributed by atoms with E-state index in [4.69, 9.17) is 0 Å². The fourth-order valence-electron chi connectivity index (χ4n) is 2.42. The molecule has 2 fully saturated rings. The largest absolute Gasteiger partial charge is 0.313 e. The quantitative estimate of drug-likeness (QED) is 0.650. The molecule has 0 amide bonds. The van der Waals surface area contributed by atoms with Crippen LogP contribution in [-0.2, 0) is 0 Å². The summed E-state index contributed by atoms with van der Waals surface area (Å²) >= 11 is 0. The van der Waals surface area contributed by atoms with E-state index >= 15 is 0 Å². The van der Waals surface area contributed by atoms with Crippen molar-refractivity contribution in [3.63, 3.8) is 0 Å². The molecule has 4 heteroatoms. The molecule has 0 bridgehead atoms. The molecule has 0 aromatic heterocycles. The molecule has 78 valence electrons. The second-order valence-electron chi connectivity index (χ2n) is 4.06. The van der Waals surface area contributed by atoms with E-state index in [1.807, 2.05) is 0 Å². The predicted octanol–water partition coefficient (Wildman–Crippen LogP) is 2.60. The van der Waals surface area contributed by atoms with Crippen molar-refractivity contribution in [1.82, 2.24) is 5.32 Å². The van der Waals surface area contributed by atoms with Crippen LogP contribution in [0.5, 0.6) is 0 Å². The van der Waals surface area contributed by atoms with Gasteiger partial charge in [-0.2, -0.15) is 0 Å². The highest BCUT2D eigenvalue weighted by molar-refractivity contribution is 5.85. The van der Waals surface area contributed by atoms with Gasteiger partial charge in [0.1, 0.15) is 0 Å². The van der Waals surface area contributed by atoms with Crippen molar-refractivity contribution in [2.24, 2.45) is 5.92 Å². The minimum absolute atomic E-state index is 0. The molecular formula is C9H16ClF2N. The number of nitrogens with one attached hydrogen (secondary N) is 1. The Balaban J connectivity index is 0.000000845. The standard InChI is InChI=1S/C9H15F2N.ClH/c10-9(11)4-3-7-2-1-5-12-8(7)6-9;/h7-8,12H,1-6H2;1H. The molecule has 1 heterocycles. The van der Waals surface area contributed by atoms with Gasteiger partial charge in [0.25, 0.3) is 0 Å². The van der Waals surface area contributed by atoms with Crippen LogP contribution in [0.25, 0.3) is 0 Å². The fraction of sp³-hybridized carbons (Fsp3) is 1.00. The molecule has 1 saturated heterocycles. The maximum absolute atomic E-state index is 12.9. The molecule has 2 atom stereocenters. The maximum atomic E-state index is 12.9. The van der Waals surface area contributed by atoms with Crippen molar-refractivity contribution in [3.8, 4) is 0 Å². The normalized spacial score (nSPS) is 37.4. The predicted molar refractivity (Wildman–Crippen MR) is 50.6 cm³/mol. The zero-order valence-electron chi connectivity index (χ0n) is 7.56. The smallest absolute Gasteiger partial charge is 0.249 e. The SMILES string of the molecule is Cl.FC1(F)CCC2CCCNC2C1. The van der Waals surface area contributed by atoms with Gasteiger partial charge in [0.2, 0.25) is 5.92 Å². The summed E-state index contributed by atoms with van der Waals surface area (Å²) in [6, 6.07) is 0.0995. The highest BCUT2D eigenvalue weighted by Gasteiger charge is 2.41. The Bertz CT molecular complexity index is 175. The van der Waals surface area contributed by atoms with Gasteiger partial charge in [-0.05, 0) is 31.7 Å². The van der Waals surface area contributed by atoms with Crippen LogP contribution in [0.4, 0.5) is 8.78 Å². The van der Waals surface area contributed by atoms with Crippen LogP contribution in [0.1, 0.15) is 32.1 Å². The summed E-state index contributed by atoms with van der Waals surface area (Å²) in [5.74, 6) is -1.87. The Hall–Kier alpha value is 0.110. The summed E-state index contributed by atoms with van der Waals surface area (Å²) in [4.78, 5) is 0. The molecule has 1 aliphatic carbocycles. The molecule has 1 nitrogen and oxygen atoms in total. The van der Waals surface area contributed by atoms with Crippen LogP contribution >= 0.6 is 12.4 Å². The molecule has 0 radical (unpaired) electrons. The highest BCUT2D eigenvalue weighted by Crippen LogP contribution is 2.39. The first-order valence-electron chi connectivity index (χ1n) is 4.79. The van der Waals surface area contributed by atoms with Gasteiger partial charge in [-0.15, -0.1) is 12.4 Å². The zero-order chi connectivity index (χ0) is 8.60. The maximum Gasteiger partial charge on any atom is 0.249 e. The Morgan fingerprint density at radius 1 is 1.23 bits per heavy atom. The molecule has 1 saturated carbocycles. The summed E-state index contributed by atoms with van der Waals surface area (Å²) in [5.41, 5.74) is 0. The third kappa shape index (κ3) is 2.53. The van der Waals surface area contributed by atoms with Gasteiger partial charge in [-0.3, -0.25) is 0 Å². The van der Waals surface area contributed by atoms with Crippen LogP contribution in [-0.4, -0.2) is 18.5 Å². The number of alkyl halides is 2. The number of halogens is 3. The topological polar surface area (TPSA) is 12.0 Å². The Kier molecular flexibility index (Phi) is 3.52. The van der Waals surface area contributed by atoms with Crippen LogP contribution < -0.4 is 5.32 Å². The first kappa shape index (κ1) is 11.2. The highest BCUT2D eigenvalue weighted by atomic mass is 35.5. The molecule has 13 heavy (non-hydrogen) atoms. The molecule has 1 N–H and O–H groups in total. The van der Waals surface area contributed by atoms with Crippen LogP contribution in [0, 0.1) is 5.92 Å². The third-order valence-corrected chi connectivity index (χ3v) is 3.13. The van der Waals surface area contributed by atoms with Crippen LogP contribution in [0.15, 0.2) is 0 Å². The molecule has 2 unspecified atom stereocenters. The van der Waals surface area contributed by atoms with Crippen LogP contribution in [0.2, 0.25) is 0 Å². The van der Waals surface area contributed by atoms with Crippen molar-refractivity contribution in [2.45, 2.75) is 44.1 Å². The van der Waals surface area contributed by atoms with Crippen molar-refractivity contribution < 1.29 is 8.78 Å². The average molecular weight is 212 g/mol. The van der Waals surface area contributed by atoms with E-state index in [0.29, 0.717) is 12.3 Å². The third-order valence-electron chi connectivity index (χ3n) is 3.13. The molecular weight excluding hydrogens is 196 g/mol. The second-order valence-corrected chi connectivity index (χ2v) is 4.06. The van der Waals surface area contributed by atoms with Gasteiger partial charge in [0.15, 0.2) is 0 Å². The van der Waals surface area contributed by atoms with Crippen molar-refractivity contribution in [2.75, 3.05) is 6.54 Å². The lowest BCUT2D eigenvalue weighted by Crippen LogP contribution is -2.48. The number of hydrogen-bond donors (Lipinski definition) is 1. The number of piperidine rings is 1. The number of rotatable bonds is 0. The Morgan fingerprint density at radius 2 is 2.00 bits per heavy atom. The minimum atomic E-state index is -2.40. The summed E-state index contributed by atoms with van der Waals surface area (Å²) in [7, 11) is 0. The van der Waals surface area contributed by atoms with Crippen molar-refractivity contribution >= 4 is 12.4 Å². The lowest BCUT2D eigenvalue weighted by atomic mass is 9.78. The van der Waals surface area contributed by atoms with E-state index in [9.17, 15) is 8.78 Å². The summed E-state index contributed by atoms with van der Waals surface area (Å²) in [5, 5.41) is 3.20. The second kappa shape index (κ2) is 4.09. The van der Waals surface area contributed by atoms with Gasteiger partial charge in [-0.25, -0.2) is 8.78 Å². The molecule has 2 rings (SSSR count). The fourth-order valence-corrected chi connectivity index (χ4v) is 2.42. The van der Waals surface area contributed by atoms with E-state index in [1.165, 1.54) is 0 Å². The van der Waals surface area contributed by atoms with Crippen LogP contribution in [0.3, 0.4) is 0 Å². The van der Waals surface area contributed by atoms with Gasteiger partial charge in [0.05, 0.1) is 0 Å². The number of hydrogen-bond acceptors (Lipinski definition) is 1. The van der Waals surface area contributed by atoms with Gasteiger partial charge in [0, 0.05) is 18.9 Å². The molecule has 0 spiro atoms. The summed E-state index contributed by atoms with van der Waals surface area (Å²) < 4.78 is 25.9. The summed E-state index contributed by atoms with van der Waals surface area (Å²) in [6.07, 6.45) is 3.19. The first-order valence-corrected chi connectivity index (χ1v) is 4.79. The van der Waals surface area contributed by atoms with Gasteiger partial charge in [-0.1, -0.05) is 0 Å². The summed E-state index contributed by atoms with van der Waals surface area (Å²) in [6.45, 7) is 0.928. The molecule has 1 aliphatic heterocycles. The lowest BCUT2D eigenvalue weighted by molar-refractivity contribution is -0.0635. The van der Waals surface area contributed by atoms with Gasteiger partial charge >= 0.3 is 0 Å². The van der Waals surface area contributed by atoms with E-state index in [2.05, 4.69) is 5.32 Å². The van der Waals surface area contributed by atoms with Gasteiger partial charge < -0.3 is 5.32 Å². The minimum Gasteiger partial charge on any atom is -0.313 e. The first-order chi connectivity index (χ1) is 5.67. The zero-order valence-corrected chi connectivity index (χ0v) is 8.38. The lowest BCUT2D eigenvalue weighted by Gasteiger charge is -2.39. The van der Waals surface area contributed by atoms with Crippen molar-refractivity contribution in [1.29, 1.82) is 0 Å². The number of fused-ring (bicyclic) bond motifs is 1. The van der Waals surface area contributed by atoms with E-state index in [0.717, 1.165) is 19.4 Å². The molecule has 2 aliphatic rings. The monoisotopic (exact) mass is 211 g/mol. The molecule has 0 aromatic rings. The Labute approximate surface area is 83.7 Å². The van der Waals surface area contributed by atoms with E-state index in [1.54, 1.807) is 0 Å². The van der Waals surface area contributed by atoms with E-state index < -0.39 is 5.92 Å². The van der Waals surface area contributed by atoms with E-state index in [-0.39, 0.29) is 31.3 Å². The van der Waals surface area contributed by atoms with Crippen molar-refractivity contribution in [3.05, 3.63) is 0 Å². The Morgan fingerprint density at radius 3 is 2.77 bits per heavy atom. The average Bonchev–Trinajstić information content (AvgIpc) is 2.02. The molecule has 0 aromatic carbocycles.